The van der Waals surface area contributed by atoms with Gasteiger partial charge in [0.2, 0.25) is 0 Å². The molecule has 1 aromatic rings. The second-order valence-electron chi connectivity index (χ2n) is 2.04. The van der Waals surface area contributed by atoms with Gasteiger partial charge in [0, 0.05) is 15.2 Å². The molecule has 0 heterocycles. The van der Waals surface area contributed by atoms with E-state index in [1.807, 2.05) is 0 Å². The van der Waals surface area contributed by atoms with Crippen LogP contribution >= 0.6 is 39.0 Å². The highest BCUT2D eigenvalue weighted by atomic mass is 79.9. The molecule has 0 aliphatic carbocycles. The van der Waals surface area contributed by atoms with Gasteiger partial charge in [0.1, 0.15) is 5.82 Å². The molecule has 0 unspecified atom stereocenters. The monoisotopic (exact) mass is 308 g/mol. The Hall–Kier alpha value is 0.160. The Bertz CT molecular complexity index is 387. The van der Waals surface area contributed by atoms with Gasteiger partial charge in [-0.2, -0.15) is 0 Å². The molecule has 7 heteroatoms. The molecule has 0 aliphatic heterocycles. The average molecular weight is 310 g/mol. The molecule has 0 aliphatic rings. The normalized spacial score (nSPS) is 10.7. The van der Waals surface area contributed by atoms with Gasteiger partial charge < -0.3 is 0 Å². The van der Waals surface area contributed by atoms with Crippen LogP contribution in [-0.2, 0) is 9.05 Å². The maximum absolute atomic E-state index is 12.6. The van der Waals surface area contributed by atoms with Crippen LogP contribution in [0.4, 0.5) is 4.39 Å². The summed E-state index contributed by atoms with van der Waals surface area (Å²) in [5.41, 5.74) is 0. The molecule has 0 atom stereocenters. The van der Waals surface area contributed by atoms with Gasteiger partial charge in [0.05, 0.1) is 4.90 Å². The lowest BCUT2D eigenvalue weighted by Crippen LogP contribution is -1.91. The van der Waals surface area contributed by atoms with E-state index in [0.717, 1.165) is 12.1 Å². The average Bonchev–Trinajstić information content (AvgIpc) is 1.82. The van der Waals surface area contributed by atoms with Crippen LogP contribution in [0.3, 0.4) is 0 Å². The summed E-state index contributed by atoms with van der Waals surface area (Å²) < 4.78 is 34.4. The van der Waals surface area contributed by atoms with Gasteiger partial charge >= 0.3 is 0 Å². The first-order chi connectivity index (χ1) is 5.39. The lowest BCUT2D eigenvalue weighted by molar-refractivity contribution is 0.602. The zero-order chi connectivity index (χ0) is 9.35. The summed E-state index contributed by atoms with van der Waals surface area (Å²) in [6.45, 7) is 0. The molecule has 0 saturated carbocycles. The minimum absolute atomic E-state index is 0. The van der Waals surface area contributed by atoms with E-state index in [9.17, 15) is 12.8 Å². The predicted octanol–water partition coefficient (Wildman–Crippen LogP) is 2.94. The molecule has 0 amide bonds. The minimum Gasteiger partial charge on any atom is -0.207 e. The van der Waals surface area contributed by atoms with Gasteiger partial charge in [0.15, 0.2) is 0 Å². The zero-order valence-corrected chi connectivity index (χ0v) is 9.97. The topological polar surface area (TPSA) is 34.1 Å². The minimum atomic E-state index is -3.85. The number of hydrogen-bond donors (Lipinski definition) is 0. The summed E-state index contributed by atoms with van der Waals surface area (Å²) in [5, 5.41) is 0. The summed E-state index contributed by atoms with van der Waals surface area (Å²) in [7, 11) is 1.14. The van der Waals surface area contributed by atoms with Crippen LogP contribution in [0.25, 0.3) is 0 Å². The standard InChI is InChI=1S/C6H3BrClFO2S.ClH/c7-4-1-5(9)3-6(2-4)12(8,10)11;/h1-3H;1H. The van der Waals surface area contributed by atoms with Crippen molar-refractivity contribution in [1.82, 2.24) is 0 Å². The Balaban J connectivity index is 0.00000144. The molecule has 74 valence electrons. The van der Waals surface area contributed by atoms with Crippen molar-refractivity contribution in [3.8, 4) is 0 Å². The van der Waals surface area contributed by atoms with Crippen LogP contribution < -0.4 is 0 Å². The van der Waals surface area contributed by atoms with E-state index in [-0.39, 0.29) is 17.3 Å². The summed E-state index contributed by atoms with van der Waals surface area (Å²) in [6, 6.07) is 3.23. The Morgan fingerprint density at radius 2 is 1.85 bits per heavy atom. The third-order valence-electron chi connectivity index (χ3n) is 1.12. The third-order valence-corrected chi connectivity index (χ3v) is 2.91. The first-order valence-electron chi connectivity index (χ1n) is 2.80. The molecular formula is C6H4BrCl2FO2S. The molecule has 0 radical (unpaired) electrons. The summed E-state index contributed by atoms with van der Waals surface area (Å²) >= 11 is 2.94. The molecular weight excluding hydrogens is 306 g/mol. The van der Waals surface area contributed by atoms with Crippen LogP contribution in [0, 0.1) is 5.82 Å². The van der Waals surface area contributed by atoms with E-state index in [4.69, 9.17) is 10.7 Å². The molecule has 2 nitrogen and oxygen atoms in total. The van der Waals surface area contributed by atoms with E-state index < -0.39 is 14.9 Å². The van der Waals surface area contributed by atoms with Gasteiger partial charge in [-0.3, -0.25) is 0 Å². The van der Waals surface area contributed by atoms with E-state index in [1.54, 1.807) is 0 Å². The Labute approximate surface area is 94.1 Å². The van der Waals surface area contributed by atoms with Crippen LogP contribution in [0.2, 0.25) is 0 Å². The lowest BCUT2D eigenvalue weighted by atomic mass is 10.3. The SMILES string of the molecule is Cl.O=S(=O)(Cl)c1cc(F)cc(Br)c1. The molecule has 13 heavy (non-hydrogen) atoms. The van der Waals surface area contributed by atoms with E-state index in [0.29, 0.717) is 4.47 Å². The van der Waals surface area contributed by atoms with Crippen molar-refractivity contribution in [1.29, 1.82) is 0 Å². The maximum atomic E-state index is 12.6. The predicted molar refractivity (Wildman–Crippen MR) is 54.4 cm³/mol. The number of halogens is 4. The van der Waals surface area contributed by atoms with Crippen molar-refractivity contribution < 1.29 is 12.8 Å². The van der Waals surface area contributed by atoms with Crippen molar-refractivity contribution in [2.45, 2.75) is 4.90 Å². The van der Waals surface area contributed by atoms with Crippen molar-refractivity contribution >= 4 is 48.1 Å². The quantitative estimate of drug-likeness (QED) is 0.748. The summed E-state index contributed by atoms with van der Waals surface area (Å²) in [6.07, 6.45) is 0. The van der Waals surface area contributed by atoms with Crippen molar-refractivity contribution in [3.63, 3.8) is 0 Å². The molecule has 1 aromatic carbocycles. The molecule has 0 aromatic heterocycles. The molecule has 1 rings (SSSR count). The molecule has 0 fully saturated rings. The highest BCUT2D eigenvalue weighted by molar-refractivity contribution is 9.10. The lowest BCUT2D eigenvalue weighted by Gasteiger charge is -1.96. The largest absolute Gasteiger partial charge is 0.261 e. The number of benzene rings is 1. The van der Waals surface area contributed by atoms with Gasteiger partial charge in [-0.15, -0.1) is 12.4 Å². The smallest absolute Gasteiger partial charge is 0.207 e. The first-order valence-corrected chi connectivity index (χ1v) is 5.90. The number of rotatable bonds is 1. The van der Waals surface area contributed by atoms with E-state index in [1.165, 1.54) is 6.07 Å². The Morgan fingerprint density at radius 1 is 1.31 bits per heavy atom. The van der Waals surface area contributed by atoms with Crippen molar-refractivity contribution in [2.24, 2.45) is 0 Å². The second kappa shape index (κ2) is 4.59. The summed E-state index contributed by atoms with van der Waals surface area (Å²) in [5.74, 6) is -0.649. The zero-order valence-electron chi connectivity index (χ0n) is 6.00. The molecule has 0 spiro atoms. The van der Waals surface area contributed by atoms with Crippen LogP contribution in [0.1, 0.15) is 0 Å². The highest BCUT2D eigenvalue weighted by Crippen LogP contribution is 2.21. The third kappa shape index (κ3) is 3.81. The van der Waals surface area contributed by atoms with Gasteiger partial charge in [-0.25, -0.2) is 12.8 Å². The second-order valence-corrected chi connectivity index (χ2v) is 5.52. The Kier molecular flexibility index (Phi) is 4.65. The number of hydrogen-bond acceptors (Lipinski definition) is 2. The van der Waals surface area contributed by atoms with Crippen LogP contribution in [-0.4, -0.2) is 8.42 Å². The molecule has 0 saturated heterocycles. The fraction of sp³-hybridized carbons (Fsp3) is 0. The van der Waals surface area contributed by atoms with E-state index in [2.05, 4.69) is 15.9 Å². The van der Waals surface area contributed by atoms with Gasteiger partial charge in [-0.05, 0) is 18.2 Å². The maximum Gasteiger partial charge on any atom is 0.261 e. The van der Waals surface area contributed by atoms with Gasteiger partial charge in [-0.1, -0.05) is 15.9 Å². The van der Waals surface area contributed by atoms with Crippen LogP contribution in [0.15, 0.2) is 27.6 Å². The fourth-order valence-electron chi connectivity index (χ4n) is 0.669. The van der Waals surface area contributed by atoms with Crippen molar-refractivity contribution in [3.05, 3.63) is 28.5 Å². The molecule has 0 N–H and O–H groups in total. The summed E-state index contributed by atoms with van der Waals surface area (Å²) in [4.78, 5) is -0.254. The first kappa shape index (κ1) is 13.2. The molecule has 0 bridgehead atoms. The Morgan fingerprint density at radius 3 is 2.23 bits per heavy atom. The van der Waals surface area contributed by atoms with E-state index >= 15 is 0 Å². The van der Waals surface area contributed by atoms with Crippen molar-refractivity contribution in [2.75, 3.05) is 0 Å². The van der Waals surface area contributed by atoms with Crippen LogP contribution in [0.5, 0.6) is 0 Å². The fourth-order valence-corrected chi connectivity index (χ4v) is 2.07. The van der Waals surface area contributed by atoms with Gasteiger partial charge in [0.25, 0.3) is 9.05 Å². The highest BCUT2D eigenvalue weighted by Gasteiger charge is 2.11.